The van der Waals surface area contributed by atoms with E-state index >= 15 is 0 Å². The molecule has 1 fully saturated rings. The van der Waals surface area contributed by atoms with Crippen molar-refractivity contribution in [2.45, 2.75) is 6.92 Å². The zero-order valence-corrected chi connectivity index (χ0v) is 14.7. The Morgan fingerprint density at radius 1 is 1.15 bits per heavy atom. The molecule has 0 radical (unpaired) electrons. The molecule has 1 aliphatic heterocycles. The van der Waals surface area contributed by atoms with E-state index in [1.807, 2.05) is 25.1 Å². The summed E-state index contributed by atoms with van der Waals surface area (Å²) in [7, 11) is 0. The van der Waals surface area contributed by atoms with Crippen molar-refractivity contribution in [1.82, 2.24) is 14.9 Å². The molecule has 3 heterocycles. The number of amides is 1. The number of pyridine rings is 1. The van der Waals surface area contributed by atoms with Crippen LogP contribution in [0.1, 0.15) is 5.56 Å². The van der Waals surface area contributed by atoms with Gasteiger partial charge in [0.05, 0.1) is 6.54 Å². The number of carbonyl (C=O) groups is 1. The van der Waals surface area contributed by atoms with Crippen molar-refractivity contribution >= 4 is 28.7 Å². The number of hydrogen-bond acceptors (Lipinski definition) is 6. The summed E-state index contributed by atoms with van der Waals surface area (Å²) in [5.74, 6) is -0.0120. The van der Waals surface area contributed by atoms with E-state index in [1.165, 1.54) is 5.56 Å². The zero-order valence-electron chi connectivity index (χ0n) is 14.7. The number of benzene rings is 1. The Balaban J connectivity index is 1.32. The standard InChI is InChI=1S/C19H21N5O2/c1-14-2-3-17-16(12-14)22-19(26-17)24-10-8-23(9-11-24)13-18(25)21-15-4-6-20-7-5-15/h2-7,12H,8-11,13H2,1H3,(H,20,21,25). The third kappa shape index (κ3) is 3.67. The van der Waals surface area contributed by atoms with Crippen LogP contribution < -0.4 is 10.2 Å². The van der Waals surface area contributed by atoms with Gasteiger partial charge < -0.3 is 14.6 Å². The molecule has 0 unspecified atom stereocenters. The Morgan fingerprint density at radius 3 is 2.69 bits per heavy atom. The highest BCUT2D eigenvalue weighted by Gasteiger charge is 2.22. The third-order valence-electron chi connectivity index (χ3n) is 4.51. The number of fused-ring (bicyclic) bond motifs is 1. The van der Waals surface area contributed by atoms with Crippen LogP contribution >= 0.6 is 0 Å². The maximum Gasteiger partial charge on any atom is 0.298 e. The minimum atomic E-state index is -0.0120. The maximum atomic E-state index is 12.2. The normalized spacial score (nSPS) is 15.3. The molecular formula is C19H21N5O2. The topological polar surface area (TPSA) is 74.5 Å². The number of oxazole rings is 1. The zero-order chi connectivity index (χ0) is 17.9. The fourth-order valence-corrected chi connectivity index (χ4v) is 3.10. The molecule has 2 aromatic heterocycles. The number of carbonyl (C=O) groups excluding carboxylic acids is 1. The molecule has 1 N–H and O–H groups in total. The van der Waals surface area contributed by atoms with Gasteiger partial charge in [-0.2, -0.15) is 4.98 Å². The van der Waals surface area contributed by atoms with E-state index < -0.39 is 0 Å². The number of hydrogen-bond donors (Lipinski definition) is 1. The molecule has 0 bridgehead atoms. The first-order valence-electron chi connectivity index (χ1n) is 8.72. The van der Waals surface area contributed by atoms with Gasteiger partial charge in [0.1, 0.15) is 5.52 Å². The minimum Gasteiger partial charge on any atom is -0.423 e. The van der Waals surface area contributed by atoms with Crippen molar-refractivity contribution < 1.29 is 9.21 Å². The van der Waals surface area contributed by atoms with Crippen molar-refractivity contribution in [2.24, 2.45) is 0 Å². The lowest BCUT2D eigenvalue weighted by Gasteiger charge is -2.33. The summed E-state index contributed by atoms with van der Waals surface area (Å²) >= 11 is 0. The Morgan fingerprint density at radius 2 is 1.92 bits per heavy atom. The lowest BCUT2D eigenvalue weighted by atomic mass is 10.2. The number of piperazine rings is 1. The summed E-state index contributed by atoms with van der Waals surface area (Å²) in [5.41, 5.74) is 3.64. The van der Waals surface area contributed by atoms with Crippen LogP contribution in [0.3, 0.4) is 0 Å². The van der Waals surface area contributed by atoms with Crippen LogP contribution in [0.15, 0.2) is 47.1 Å². The first-order chi connectivity index (χ1) is 12.7. The van der Waals surface area contributed by atoms with Crippen molar-refractivity contribution in [3.05, 3.63) is 48.3 Å². The van der Waals surface area contributed by atoms with Gasteiger partial charge in [0.2, 0.25) is 5.91 Å². The molecule has 1 aliphatic rings. The first kappa shape index (κ1) is 16.5. The van der Waals surface area contributed by atoms with E-state index in [9.17, 15) is 4.79 Å². The molecule has 26 heavy (non-hydrogen) atoms. The highest BCUT2D eigenvalue weighted by molar-refractivity contribution is 5.92. The van der Waals surface area contributed by atoms with Crippen molar-refractivity contribution in [3.8, 4) is 0 Å². The molecule has 0 aliphatic carbocycles. The van der Waals surface area contributed by atoms with Crippen LogP contribution in [0.25, 0.3) is 11.1 Å². The summed E-state index contributed by atoms with van der Waals surface area (Å²) in [6, 6.07) is 10.2. The second kappa shape index (κ2) is 7.13. The van der Waals surface area contributed by atoms with Crippen LogP contribution in [0.4, 0.5) is 11.7 Å². The molecule has 0 saturated carbocycles. The Hall–Kier alpha value is -2.93. The van der Waals surface area contributed by atoms with Gasteiger partial charge in [0.15, 0.2) is 5.58 Å². The van der Waals surface area contributed by atoms with Crippen molar-refractivity contribution in [1.29, 1.82) is 0 Å². The van der Waals surface area contributed by atoms with E-state index in [0.29, 0.717) is 12.6 Å². The van der Waals surface area contributed by atoms with Gasteiger partial charge in [-0.3, -0.25) is 14.7 Å². The predicted molar refractivity (Wildman–Crippen MR) is 100 cm³/mol. The number of nitrogens with zero attached hydrogens (tertiary/aromatic N) is 4. The number of aromatic nitrogens is 2. The fraction of sp³-hybridized carbons (Fsp3) is 0.316. The summed E-state index contributed by atoms with van der Waals surface area (Å²) in [4.78, 5) is 25.0. The van der Waals surface area contributed by atoms with Gasteiger partial charge >= 0.3 is 0 Å². The quantitative estimate of drug-likeness (QED) is 0.777. The molecular weight excluding hydrogens is 330 g/mol. The molecule has 1 aromatic carbocycles. The fourth-order valence-electron chi connectivity index (χ4n) is 3.10. The molecule has 1 saturated heterocycles. The van der Waals surface area contributed by atoms with Crippen molar-refractivity contribution in [2.75, 3.05) is 42.9 Å². The van der Waals surface area contributed by atoms with E-state index in [4.69, 9.17) is 4.42 Å². The number of nitrogens with one attached hydrogen (secondary N) is 1. The molecule has 0 atom stereocenters. The number of rotatable bonds is 4. The summed E-state index contributed by atoms with van der Waals surface area (Å²) < 4.78 is 5.87. The Kier molecular flexibility index (Phi) is 4.53. The van der Waals surface area contributed by atoms with E-state index in [2.05, 4.69) is 25.1 Å². The highest BCUT2D eigenvalue weighted by atomic mass is 16.4. The van der Waals surface area contributed by atoms with Gasteiger partial charge in [0.25, 0.3) is 6.01 Å². The molecule has 134 valence electrons. The lowest BCUT2D eigenvalue weighted by molar-refractivity contribution is -0.117. The van der Waals surface area contributed by atoms with Gasteiger partial charge in [0, 0.05) is 44.3 Å². The number of anilines is 2. The van der Waals surface area contributed by atoms with Gasteiger partial charge in [-0.25, -0.2) is 0 Å². The summed E-state index contributed by atoms with van der Waals surface area (Å²) in [5, 5.41) is 2.89. The molecule has 0 spiro atoms. The molecule has 3 aromatic rings. The SMILES string of the molecule is Cc1ccc2oc(N3CCN(CC(=O)Nc4ccncc4)CC3)nc2c1. The average molecular weight is 351 g/mol. The minimum absolute atomic E-state index is 0.0120. The molecule has 7 nitrogen and oxygen atoms in total. The van der Waals surface area contributed by atoms with E-state index in [1.54, 1.807) is 24.5 Å². The molecule has 4 rings (SSSR count). The second-order valence-corrected chi connectivity index (χ2v) is 6.51. The number of aryl methyl sites for hydroxylation is 1. The molecule has 1 amide bonds. The summed E-state index contributed by atoms with van der Waals surface area (Å²) in [6.07, 6.45) is 3.33. The third-order valence-corrected chi connectivity index (χ3v) is 4.51. The highest BCUT2D eigenvalue weighted by Crippen LogP contribution is 2.23. The van der Waals surface area contributed by atoms with Gasteiger partial charge in [-0.15, -0.1) is 0 Å². The van der Waals surface area contributed by atoms with E-state index in [0.717, 1.165) is 43.0 Å². The van der Waals surface area contributed by atoms with Crippen LogP contribution in [0.5, 0.6) is 0 Å². The van der Waals surface area contributed by atoms with Crippen molar-refractivity contribution in [3.63, 3.8) is 0 Å². The van der Waals surface area contributed by atoms with Gasteiger partial charge in [-0.05, 0) is 36.8 Å². The monoisotopic (exact) mass is 351 g/mol. The van der Waals surface area contributed by atoms with Gasteiger partial charge in [-0.1, -0.05) is 6.07 Å². The predicted octanol–water partition coefficient (Wildman–Crippen LogP) is 2.29. The smallest absolute Gasteiger partial charge is 0.298 e. The van der Waals surface area contributed by atoms with Crippen LogP contribution in [0.2, 0.25) is 0 Å². The van der Waals surface area contributed by atoms with E-state index in [-0.39, 0.29) is 5.91 Å². The van der Waals surface area contributed by atoms with Crippen LogP contribution in [-0.2, 0) is 4.79 Å². The second-order valence-electron chi connectivity index (χ2n) is 6.51. The Bertz CT molecular complexity index is 901. The first-order valence-corrected chi connectivity index (χ1v) is 8.72. The van der Waals surface area contributed by atoms with Crippen LogP contribution in [0, 0.1) is 6.92 Å². The lowest BCUT2D eigenvalue weighted by Crippen LogP contribution is -2.48. The largest absolute Gasteiger partial charge is 0.423 e. The summed E-state index contributed by atoms with van der Waals surface area (Å²) in [6.45, 7) is 5.58. The average Bonchev–Trinajstić information content (AvgIpc) is 3.06. The van der Waals surface area contributed by atoms with Crippen LogP contribution in [-0.4, -0.2) is 53.5 Å². The molecule has 7 heteroatoms. The Labute approximate surface area is 151 Å². The maximum absolute atomic E-state index is 12.2.